The molecule has 0 amide bonds. The molecule has 0 spiro atoms. The normalized spacial score (nSPS) is 18.7. The van der Waals surface area contributed by atoms with Crippen LogP contribution in [0.2, 0.25) is 0 Å². The zero-order valence-corrected chi connectivity index (χ0v) is 10.0. The van der Waals surface area contributed by atoms with Crippen LogP contribution in [-0.4, -0.2) is 23.4 Å². The van der Waals surface area contributed by atoms with E-state index in [1.807, 2.05) is 30.3 Å². The largest absolute Gasteiger partial charge is 0.381 e. The van der Waals surface area contributed by atoms with E-state index in [4.69, 9.17) is 15.0 Å². The van der Waals surface area contributed by atoms with Crippen molar-refractivity contribution < 1.29 is 9.26 Å². The SMILES string of the molecule is NC1(c2nc(-c3ccccc3)no2)CCOCC1. The fourth-order valence-electron chi connectivity index (χ4n) is 2.08. The molecule has 5 nitrogen and oxygen atoms in total. The summed E-state index contributed by atoms with van der Waals surface area (Å²) in [5, 5.41) is 4.00. The van der Waals surface area contributed by atoms with Gasteiger partial charge in [-0.25, -0.2) is 0 Å². The Morgan fingerprint density at radius 3 is 2.56 bits per heavy atom. The summed E-state index contributed by atoms with van der Waals surface area (Å²) >= 11 is 0. The van der Waals surface area contributed by atoms with Crippen LogP contribution in [0.4, 0.5) is 0 Å². The van der Waals surface area contributed by atoms with Gasteiger partial charge in [0.2, 0.25) is 11.7 Å². The minimum Gasteiger partial charge on any atom is -0.381 e. The molecule has 0 aliphatic carbocycles. The third-order valence-corrected chi connectivity index (χ3v) is 3.27. The third kappa shape index (κ3) is 2.02. The van der Waals surface area contributed by atoms with Gasteiger partial charge in [0.1, 0.15) is 5.54 Å². The zero-order valence-electron chi connectivity index (χ0n) is 10.0. The lowest BCUT2D eigenvalue weighted by molar-refractivity contribution is 0.0400. The number of hydrogen-bond donors (Lipinski definition) is 1. The molecule has 1 fully saturated rings. The van der Waals surface area contributed by atoms with E-state index in [1.54, 1.807) is 0 Å². The lowest BCUT2D eigenvalue weighted by atomic mass is 9.91. The molecule has 2 heterocycles. The van der Waals surface area contributed by atoms with E-state index in [2.05, 4.69) is 10.1 Å². The predicted octanol–water partition coefficient (Wildman–Crippen LogP) is 1.70. The molecule has 2 N–H and O–H groups in total. The topological polar surface area (TPSA) is 74.2 Å². The molecule has 94 valence electrons. The van der Waals surface area contributed by atoms with E-state index in [-0.39, 0.29) is 0 Å². The van der Waals surface area contributed by atoms with Crippen LogP contribution < -0.4 is 5.73 Å². The van der Waals surface area contributed by atoms with Crippen molar-refractivity contribution in [3.05, 3.63) is 36.2 Å². The zero-order chi connectivity index (χ0) is 12.4. The maximum Gasteiger partial charge on any atom is 0.247 e. The van der Waals surface area contributed by atoms with Crippen LogP contribution in [0.15, 0.2) is 34.9 Å². The van der Waals surface area contributed by atoms with Crippen molar-refractivity contribution >= 4 is 0 Å². The van der Waals surface area contributed by atoms with Crippen LogP contribution in [-0.2, 0) is 10.3 Å². The molecule has 0 atom stereocenters. The highest BCUT2D eigenvalue weighted by molar-refractivity contribution is 5.53. The summed E-state index contributed by atoms with van der Waals surface area (Å²) in [5.41, 5.74) is 6.69. The van der Waals surface area contributed by atoms with Crippen LogP contribution in [0.25, 0.3) is 11.4 Å². The number of benzene rings is 1. The predicted molar refractivity (Wildman–Crippen MR) is 65.7 cm³/mol. The molecule has 1 aromatic heterocycles. The third-order valence-electron chi connectivity index (χ3n) is 3.27. The Kier molecular flexibility index (Phi) is 2.85. The number of rotatable bonds is 2. The highest BCUT2D eigenvalue weighted by Crippen LogP contribution is 2.29. The average Bonchev–Trinajstić information content (AvgIpc) is 2.91. The summed E-state index contributed by atoms with van der Waals surface area (Å²) in [7, 11) is 0. The molecule has 18 heavy (non-hydrogen) atoms. The second kappa shape index (κ2) is 4.51. The fraction of sp³-hybridized carbons (Fsp3) is 0.385. The van der Waals surface area contributed by atoms with Crippen LogP contribution >= 0.6 is 0 Å². The molecule has 1 aliphatic rings. The Hall–Kier alpha value is -1.72. The van der Waals surface area contributed by atoms with Gasteiger partial charge < -0.3 is 15.0 Å². The minimum atomic E-state index is -0.543. The number of aromatic nitrogens is 2. The number of nitrogens with two attached hydrogens (primary N) is 1. The first-order valence-corrected chi connectivity index (χ1v) is 6.04. The van der Waals surface area contributed by atoms with Crippen molar-refractivity contribution in [2.24, 2.45) is 5.73 Å². The van der Waals surface area contributed by atoms with Crippen LogP contribution in [0.5, 0.6) is 0 Å². The van der Waals surface area contributed by atoms with Gasteiger partial charge in [-0.1, -0.05) is 35.5 Å². The van der Waals surface area contributed by atoms with Crippen molar-refractivity contribution in [2.45, 2.75) is 18.4 Å². The number of ether oxygens (including phenoxy) is 1. The van der Waals surface area contributed by atoms with Crippen LogP contribution in [0.1, 0.15) is 18.7 Å². The van der Waals surface area contributed by atoms with Crippen molar-refractivity contribution in [3.8, 4) is 11.4 Å². The van der Waals surface area contributed by atoms with Gasteiger partial charge in [0.15, 0.2) is 0 Å². The molecule has 0 bridgehead atoms. The first-order valence-electron chi connectivity index (χ1n) is 6.04. The summed E-state index contributed by atoms with van der Waals surface area (Å²) < 4.78 is 10.6. The molecular weight excluding hydrogens is 230 g/mol. The van der Waals surface area contributed by atoms with E-state index < -0.39 is 5.54 Å². The standard InChI is InChI=1S/C13H15N3O2/c14-13(6-8-17-9-7-13)12-15-11(16-18-12)10-4-2-1-3-5-10/h1-5H,6-9,14H2. The van der Waals surface area contributed by atoms with Crippen LogP contribution in [0.3, 0.4) is 0 Å². The van der Waals surface area contributed by atoms with Crippen molar-refractivity contribution in [1.82, 2.24) is 10.1 Å². The first-order chi connectivity index (χ1) is 8.78. The molecule has 1 saturated heterocycles. The molecule has 1 aliphatic heterocycles. The van der Waals surface area contributed by atoms with Crippen molar-refractivity contribution in [1.29, 1.82) is 0 Å². The summed E-state index contributed by atoms with van der Waals surface area (Å²) in [4.78, 5) is 4.42. The molecule has 3 rings (SSSR count). The number of hydrogen-bond acceptors (Lipinski definition) is 5. The smallest absolute Gasteiger partial charge is 0.247 e. The van der Waals surface area contributed by atoms with Gasteiger partial charge in [0, 0.05) is 18.8 Å². The summed E-state index contributed by atoms with van der Waals surface area (Å²) in [6.45, 7) is 1.28. The number of nitrogens with zero attached hydrogens (tertiary/aromatic N) is 2. The Morgan fingerprint density at radius 2 is 1.83 bits per heavy atom. The first kappa shape index (κ1) is 11.4. The van der Waals surface area contributed by atoms with Gasteiger partial charge in [-0.2, -0.15) is 4.98 Å². The van der Waals surface area contributed by atoms with Gasteiger partial charge >= 0.3 is 0 Å². The molecule has 0 unspecified atom stereocenters. The van der Waals surface area contributed by atoms with Gasteiger partial charge in [-0.3, -0.25) is 0 Å². The molecule has 1 aromatic carbocycles. The lowest BCUT2D eigenvalue weighted by Gasteiger charge is -2.29. The summed E-state index contributed by atoms with van der Waals surface area (Å²) in [5.74, 6) is 1.09. The van der Waals surface area contributed by atoms with E-state index in [9.17, 15) is 0 Å². The maximum absolute atomic E-state index is 6.30. The second-order valence-corrected chi connectivity index (χ2v) is 4.56. The Morgan fingerprint density at radius 1 is 1.11 bits per heavy atom. The van der Waals surface area contributed by atoms with Crippen LogP contribution in [0, 0.1) is 0 Å². The van der Waals surface area contributed by atoms with E-state index in [1.165, 1.54) is 0 Å². The van der Waals surface area contributed by atoms with E-state index >= 15 is 0 Å². The maximum atomic E-state index is 6.30. The Labute approximate surface area is 105 Å². The highest BCUT2D eigenvalue weighted by Gasteiger charge is 2.35. The van der Waals surface area contributed by atoms with Crippen molar-refractivity contribution in [2.75, 3.05) is 13.2 Å². The minimum absolute atomic E-state index is 0.504. The summed E-state index contributed by atoms with van der Waals surface area (Å²) in [6, 6.07) is 9.73. The van der Waals surface area contributed by atoms with E-state index in [0.717, 1.165) is 5.56 Å². The summed E-state index contributed by atoms with van der Waals surface area (Å²) in [6.07, 6.45) is 1.42. The van der Waals surface area contributed by atoms with Crippen molar-refractivity contribution in [3.63, 3.8) is 0 Å². The van der Waals surface area contributed by atoms with Gasteiger partial charge in [-0.15, -0.1) is 0 Å². The van der Waals surface area contributed by atoms with Gasteiger partial charge in [0.05, 0.1) is 0 Å². The Bertz CT molecular complexity index is 518. The lowest BCUT2D eigenvalue weighted by Crippen LogP contribution is -2.42. The molecule has 0 saturated carbocycles. The Balaban J connectivity index is 1.89. The quantitative estimate of drug-likeness (QED) is 0.871. The molecule has 0 radical (unpaired) electrons. The molecule has 5 heteroatoms. The average molecular weight is 245 g/mol. The second-order valence-electron chi connectivity index (χ2n) is 4.56. The highest BCUT2D eigenvalue weighted by atomic mass is 16.5. The monoisotopic (exact) mass is 245 g/mol. The van der Waals surface area contributed by atoms with Gasteiger partial charge in [0.25, 0.3) is 0 Å². The van der Waals surface area contributed by atoms with Gasteiger partial charge in [-0.05, 0) is 12.8 Å². The molecule has 2 aromatic rings. The fourth-order valence-corrected chi connectivity index (χ4v) is 2.08. The molecular formula is C13H15N3O2. The van der Waals surface area contributed by atoms with E-state index in [0.29, 0.717) is 37.8 Å².